The molecule has 0 aliphatic carbocycles. The van der Waals surface area contributed by atoms with Gasteiger partial charge in [0.1, 0.15) is 15.9 Å². The van der Waals surface area contributed by atoms with E-state index in [0.29, 0.717) is 4.88 Å². The first-order chi connectivity index (χ1) is 13.9. The number of hydrogen-bond donors (Lipinski definition) is 2. The maximum Gasteiger partial charge on any atom is 0.417 e. The Bertz CT molecular complexity index is 1220. The Morgan fingerprint density at radius 1 is 1.03 bits per heavy atom. The number of halogens is 3. The lowest BCUT2D eigenvalue weighted by molar-refractivity contribution is -0.136. The summed E-state index contributed by atoms with van der Waals surface area (Å²) in [6, 6.07) is 13.6. The summed E-state index contributed by atoms with van der Waals surface area (Å²) in [6.07, 6.45) is -5.20. The van der Waals surface area contributed by atoms with E-state index < -0.39 is 23.8 Å². The molecule has 1 aliphatic rings. The predicted molar refractivity (Wildman–Crippen MR) is 108 cm³/mol. The number of rotatable bonds is 2. The van der Waals surface area contributed by atoms with E-state index in [-0.39, 0.29) is 26.5 Å². The van der Waals surface area contributed by atoms with Gasteiger partial charge in [0.15, 0.2) is 0 Å². The van der Waals surface area contributed by atoms with E-state index in [4.69, 9.17) is 0 Å². The van der Waals surface area contributed by atoms with E-state index in [2.05, 4.69) is 15.6 Å². The van der Waals surface area contributed by atoms with E-state index in [1.165, 1.54) is 11.3 Å². The molecule has 1 aliphatic heterocycles. The number of benzene rings is 1. The number of carbonyl (C=O) groups is 1. The zero-order chi connectivity index (χ0) is 20.2. The molecule has 2 N–H and O–H groups in total. The van der Waals surface area contributed by atoms with Gasteiger partial charge < -0.3 is 10.6 Å². The summed E-state index contributed by atoms with van der Waals surface area (Å²) >= 11 is 2.28. The van der Waals surface area contributed by atoms with Gasteiger partial charge in [-0.05, 0) is 23.1 Å². The van der Waals surface area contributed by atoms with Gasteiger partial charge in [-0.15, -0.1) is 22.7 Å². The summed E-state index contributed by atoms with van der Waals surface area (Å²) in [5, 5.41) is 7.60. The van der Waals surface area contributed by atoms with Crippen molar-refractivity contribution in [3.05, 3.63) is 69.9 Å². The maximum atomic E-state index is 14.0. The molecule has 1 amide bonds. The van der Waals surface area contributed by atoms with E-state index >= 15 is 0 Å². The van der Waals surface area contributed by atoms with Crippen LogP contribution in [0.4, 0.5) is 18.9 Å². The number of pyridine rings is 1. The molecule has 3 aromatic heterocycles. The second-order valence-corrected chi connectivity index (χ2v) is 8.42. The summed E-state index contributed by atoms with van der Waals surface area (Å²) < 4.78 is 41.9. The van der Waals surface area contributed by atoms with E-state index in [1.54, 1.807) is 41.8 Å². The Labute approximate surface area is 171 Å². The quantitative estimate of drug-likeness (QED) is 0.416. The fraction of sp³-hybridized carbons (Fsp3) is 0.100. The molecule has 0 fully saturated rings. The summed E-state index contributed by atoms with van der Waals surface area (Å²) in [4.78, 5) is 18.1. The molecule has 4 nitrogen and oxygen atoms in total. The predicted octanol–water partition coefficient (Wildman–Crippen LogP) is 5.90. The minimum Gasteiger partial charge on any atom is -0.360 e. The van der Waals surface area contributed by atoms with Crippen molar-refractivity contribution in [2.75, 3.05) is 5.32 Å². The number of thiophene rings is 2. The minimum absolute atomic E-state index is 0.0615. The Balaban J connectivity index is 1.73. The van der Waals surface area contributed by atoms with Crippen LogP contribution in [0.2, 0.25) is 0 Å². The van der Waals surface area contributed by atoms with Crippen LogP contribution in [-0.4, -0.2) is 10.9 Å². The fourth-order valence-corrected chi connectivity index (χ4v) is 5.11. The van der Waals surface area contributed by atoms with Crippen molar-refractivity contribution >= 4 is 44.5 Å². The lowest BCUT2D eigenvalue weighted by Crippen LogP contribution is -2.37. The summed E-state index contributed by atoms with van der Waals surface area (Å²) in [7, 11) is 0. The van der Waals surface area contributed by atoms with Gasteiger partial charge in [-0.1, -0.05) is 36.4 Å². The smallest absolute Gasteiger partial charge is 0.360 e. The lowest BCUT2D eigenvalue weighted by atomic mass is 10.1. The van der Waals surface area contributed by atoms with Crippen LogP contribution in [0, 0.1) is 0 Å². The van der Waals surface area contributed by atoms with Gasteiger partial charge in [-0.25, -0.2) is 4.98 Å². The second-order valence-electron chi connectivity index (χ2n) is 6.48. The number of aromatic nitrogens is 1. The lowest BCUT2D eigenvalue weighted by Gasteiger charge is -2.26. The monoisotopic (exact) mass is 431 g/mol. The molecule has 1 atom stereocenters. The summed E-state index contributed by atoms with van der Waals surface area (Å²) in [6.45, 7) is 0. The number of amides is 1. The average Bonchev–Trinajstić information content (AvgIpc) is 3.35. The van der Waals surface area contributed by atoms with Crippen LogP contribution in [0.5, 0.6) is 0 Å². The largest absolute Gasteiger partial charge is 0.417 e. The molecular weight excluding hydrogens is 419 g/mol. The van der Waals surface area contributed by atoms with Gasteiger partial charge in [0.05, 0.1) is 21.8 Å². The fourth-order valence-electron chi connectivity index (χ4n) is 3.36. The van der Waals surface area contributed by atoms with Crippen LogP contribution in [-0.2, 0) is 6.18 Å². The third-order valence-corrected chi connectivity index (χ3v) is 6.62. The first kappa shape index (κ1) is 18.1. The molecule has 0 saturated carbocycles. The zero-order valence-corrected chi connectivity index (χ0v) is 16.2. The highest BCUT2D eigenvalue weighted by Crippen LogP contribution is 2.46. The Hall–Kier alpha value is -2.91. The second kappa shape index (κ2) is 6.57. The van der Waals surface area contributed by atoms with Crippen LogP contribution in [0.15, 0.2) is 53.9 Å². The van der Waals surface area contributed by atoms with Crippen molar-refractivity contribution in [2.45, 2.75) is 12.3 Å². The molecule has 4 heterocycles. The van der Waals surface area contributed by atoms with Gasteiger partial charge in [0.2, 0.25) is 0 Å². The highest BCUT2D eigenvalue weighted by molar-refractivity contribution is 7.21. The highest BCUT2D eigenvalue weighted by Gasteiger charge is 2.38. The van der Waals surface area contributed by atoms with Crippen LogP contribution in [0.1, 0.15) is 27.0 Å². The third-order valence-electron chi connectivity index (χ3n) is 4.64. The Morgan fingerprint density at radius 3 is 2.52 bits per heavy atom. The average molecular weight is 431 g/mol. The van der Waals surface area contributed by atoms with Gasteiger partial charge in [-0.2, -0.15) is 13.2 Å². The number of nitrogens with zero attached hydrogens (tertiary/aromatic N) is 1. The van der Waals surface area contributed by atoms with Crippen LogP contribution >= 0.6 is 22.7 Å². The van der Waals surface area contributed by atoms with Crippen molar-refractivity contribution in [3.63, 3.8) is 0 Å². The zero-order valence-electron chi connectivity index (χ0n) is 14.6. The molecule has 146 valence electrons. The van der Waals surface area contributed by atoms with Crippen molar-refractivity contribution in [1.82, 2.24) is 10.3 Å². The first-order valence-corrected chi connectivity index (χ1v) is 10.3. The molecule has 0 saturated heterocycles. The number of anilines is 1. The molecule has 9 heteroatoms. The first-order valence-electron chi connectivity index (χ1n) is 8.63. The van der Waals surface area contributed by atoms with Gasteiger partial charge in [0, 0.05) is 5.39 Å². The van der Waals surface area contributed by atoms with Gasteiger partial charge >= 0.3 is 6.18 Å². The van der Waals surface area contributed by atoms with Crippen molar-refractivity contribution in [3.8, 4) is 10.6 Å². The van der Waals surface area contributed by atoms with E-state index in [0.717, 1.165) is 23.0 Å². The normalized spacial score (nSPS) is 16.4. The van der Waals surface area contributed by atoms with E-state index in [9.17, 15) is 18.0 Å². The SMILES string of the molecule is O=C1NC(c2ccccc2)Nc2c1sc1nc(-c3cccs3)cc(C(F)(F)F)c21. The van der Waals surface area contributed by atoms with Crippen molar-refractivity contribution in [2.24, 2.45) is 0 Å². The molecule has 1 unspecified atom stereocenters. The number of nitrogens with one attached hydrogen (secondary N) is 2. The minimum atomic E-state index is -4.58. The third kappa shape index (κ3) is 3.06. The van der Waals surface area contributed by atoms with Gasteiger partial charge in [-0.3, -0.25) is 4.79 Å². The van der Waals surface area contributed by atoms with Crippen molar-refractivity contribution in [1.29, 1.82) is 0 Å². The Kier molecular flexibility index (Phi) is 4.11. The number of alkyl halides is 3. The molecule has 0 bridgehead atoms. The highest BCUT2D eigenvalue weighted by atomic mass is 32.1. The molecule has 5 rings (SSSR count). The molecule has 29 heavy (non-hydrogen) atoms. The molecule has 0 spiro atoms. The number of carbonyl (C=O) groups excluding carboxylic acids is 1. The summed E-state index contributed by atoms with van der Waals surface area (Å²) in [5.41, 5.74) is 0.388. The molecule has 4 aromatic rings. The van der Waals surface area contributed by atoms with Gasteiger partial charge in [0.25, 0.3) is 5.91 Å². The molecular formula is C20H12F3N3OS2. The maximum absolute atomic E-state index is 14.0. The van der Waals surface area contributed by atoms with Crippen LogP contribution in [0.3, 0.4) is 0 Å². The number of fused-ring (bicyclic) bond motifs is 3. The molecule has 1 aromatic carbocycles. The molecule has 0 radical (unpaired) electrons. The topological polar surface area (TPSA) is 54.0 Å². The van der Waals surface area contributed by atoms with Crippen LogP contribution in [0.25, 0.3) is 20.8 Å². The van der Waals surface area contributed by atoms with Crippen LogP contribution < -0.4 is 10.6 Å². The van der Waals surface area contributed by atoms with Crippen molar-refractivity contribution < 1.29 is 18.0 Å². The van der Waals surface area contributed by atoms with E-state index in [1.807, 2.05) is 6.07 Å². The summed E-state index contributed by atoms with van der Waals surface area (Å²) in [5.74, 6) is -0.415. The standard InChI is InChI=1S/C20H12F3N3OS2/c21-20(22,23)11-9-12(13-7-4-8-28-13)24-19-14(11)15-16(29-19)18(27)26-17(25-15)10-5-2-1-3-6-10/h1-9,17,25H,(H,26,27). The number of hydrogen-bond acceptors (Lipinski definition) is 5. The Morgan fingerprint density at radius 2 is 1.83 bits per heavy atom.